The Labute approximate surface area is 195 Å². The van der Waals surface area contributed by atoms with E-state index in [0.29, 0.717) is 16.8 Å². The first kappa shape index (κ1) is 25.5. The predicted molar refractivity (Wildman–Crippen MR) is 112 cm³/mol. The highest BCUT2D eigenvalue weighted by molar-refractivity contribution is 6.29. The second kappa shape index (κ2) is 10.4. The summed E-state index contributed by atoms with van der Waals surface area (Å²) in [6, 6.07) is 4.36. The molecule has 0 aliphatic rings. The number of rotatable bonds is 9. The summed E-state index contributed by atoms with van der Waals surface area (Å²) >= 11 is 5.86. The lowest BCUT2D eigenvalue weighted by atomic mass is 10.0. The Kier molecular flexibility index (Phi) is 7.80. The first-order valence-electron chi connectivity index (χ1n) is 9.96. The molecule has 0 radical (unpaired) electrons. The Bertz CT molecular complexity index is 1180. The minimum absolute atomic E-state index is 0.000254. The number of aryl methyl sites for hydroxylation is 3. The molecule has 3 heterocycles. The Balaban J connectivity index is 1.66. The summed E-state index contributed by atoms with van der Waals surface area (Å²) in [7, 11) is 1.38. The van der Waals surface area contributed by atoms with Crippen LogP contribution in [0.1, 0.15) is 28.9 Å². The molecule has 0 aliphatic heterocycles. The quantitative estimate of drug-likeness (QED) is 0.312. The molecule has 0 N–H and O–H groups in total. The van der Waals surface area contributed by atoms with Crippen molar-refractivity contribution in [3.05, 3.63) is 52.1 Å². The molecule has 0 fully saturated rings. The number of ether oxygens (including phenoxy) is 1. The monoisotopic (exact) mass is 503 g/mol. The predicted octanol–water partition coefficient (Wildman–Crippen LogP) is 4.64. The van der Waals surface area contributed by atoms with Crippen LogP contribution >= 0.6 is 11.6 Å². The summed E-state index contributed by atoms with van der Waals surface area (Å²) in [5, 5.41) is 11.4. The molecule has 7 nitrogen and oxygen atoms in total. The van der Waals surface area contributed by atoms with Crippen molar-refractivity contribution in [1.29, 1.82) is 0 Å². The van der Waals surface area contributed by atoms with Gasteiger partial charge in [0.15, 0.2) is 12.3 Å². The molecule has 3 aromatic rings. The molecule has 0 aromatic carbocycles. The number of pyridine rings is 1. The van der Waals surface area contributed by atoms with E-state index in [-0.39, 0.29) is 47.3 Å². The molecule has 0 aliphatic carbocycles. The fourth-order valence-electron chi connectivity index (χ4n) is 3.23. The maximum absolute atomic E-state index is 13.3. The first-order chi connectivity index (χ1) is 15.9. The zero-order valence-electron chi connectivity index (χ0n) is 18.0. The van der Waals surface area contributed by atoms with Gasteiger partial charge >= 0.3 is 6.18 Å². The molecule has 0 atom stereocenters. The number of hydrogen-bond donors (Lipinski definition) is 0. The van der Waals surface area contributed by atoms with Crippen LogP contribution in [0.25, 0.3) is 11.3 Å². The average molecular weight is 504 g/mol. The zero-order valence-corrected chi connectivity index (χ0v) is 18.8. The summed E-state index contributed by atoms with van der Waals surface area (Å²) in [6.07, 6.45) is -5.86. The van der Waals surface area contributed by atoms with Gasteiger partial charge in [0.1, 0.15) is 10.9 Å². The van der Waals surface area contributed by atoms with E-state index in [4.69, 9.17) is 16.3 Å². The SMILES string of the molecule is Cc1cc(CCC(=O)Cc2cc(Cl)nc(OCC(F)F)c2)nnc1-c1cn(C)nc1C(F)(F)F. The number of halogens is 6. The Morgan fingerprint density at radius 1 is 1.21 bits per heavy atom. The van der Waals surface area contributed by atoms with Crippen LogP contribution in [0.2, 0.25) is 5.15 Å². The van der Waals surface area contributed by atoms with Gasteiger partial charge in [-0.1, -0.05) is 11.6 Å². The molecule has 0 saturated carbocycles. The van der Waals surface area contributed by atoms with Crippen LogP contribution in [0.5, 0.6) is 5.88 Å². The highest BCUT2D eigenvalue weighted by Gasteiger charge is 2.38. The van der Waals surface area contributed by atoms with E-state index in [2.05, 4.69) is 20.3 Å². The summed E-state index contributed by atoms with van der Waals surface area (Å²) in [6.45, 7) is 0.751. The van der Waals surface area contributed by atoms with E-state index in [0.717, 1.165) is 4.68 Å². The van der Waals surface area contributed by atoms with Gasteiger partial charge in [0.05, 0.1) is 17.0 Å². The highest BCUT2D eigenvalue weighted by atomic mass is 35.5. The van der Waals surface area contributed by atoms with E-state index in [1.54, 1.807) is 13.0 Å². The topological polar surface area (TPSA) is 82.8 Å². The van der Waals surface area contributed by atoms with Crippen molar-refractivity contribution in [1.82, 2.24) is 25.0 Å². The fourth-order valence-corrected chi connectivity index (χ4v) is 3.45. The van der Waals surface area contributed by atoms with Crippen molar-refractivity contribution in [3.63, 3.8) is 0 Å². The lowest BCUT2D eigenvalue weighted by Gasteiger charge is -2.09. The van der Waals surface area contributed by atoms with Gasteiger partial charge in [-0.15, -0.1) is 5.10 Å². The van der Waals surface area contributed by atoms with Gasteiger partial charge in [-0.05, 0) is 36.6 Å². The minimum atomic E-state index is -4.64. The third kappa shape index (κ3) is 6.69. The van der Waals surface area contributed by atoms with Gasteiger partial charge < -0.3 is 4.74 Å². The van der Waals surface area contributed by atoms with Crippen LogP contribution in [0.3, 0.4) is 0 Å². The Hall–Kier alpha value is -3.15. The standard InChI is InChI=1S/C21H19ClF5N5O2/c1-11-5-13(29-30-19(11)15-9-32(2)31-20(15)21(25,26)27)3-4-14(33)6-12-7-16(22)28-18(8-12)34-10-17(23)24/h5,7-9,17H,3-4,6,10H2,1-2H3. The molecular formula is C21H19ClF5N5O2. The first-order valence-corrected chi connectivity index (χ1v) is 10.3. The Morgan fingerprint density at radius 2 is 1.94 bits per heavy atom. The molecule has 0 spiro atoms. The molecular weight excluding hydrogens is 485 g/mol. The second-order valence-electron chi connectivity index (χ2n) is 7.48. The van der Waals surface area contributed by atoms with E-state index in [9.17, 15) is 26.7 Å². The van der Waals surface area contributed by atoms with Crippen LogP contribution in [-0.4, -0.2) is 43.8 Å². The number of Topliss-reactive ketones (excluding diaryl/α,β-unsaturated/α-hetero) is 1. The molecule has 0 amide bonds. The van der Waals surface area contributed by atoms with Crippen LogP contribution in [0.4, 0.5) is 22.0 Å². The van der Waals surface area contributed by atoms with Gasteiger partial charge in [0.2, 0.25) is 5.88 Å². The molecule has 3 aromatic heterocycles. The molecule has 0 unspecified atom stereocenters. The van der Waals surface area contributed by atoms with Gasteiger partial charge in [-0.25, -0.2) is 13.8 Å². The summed E-state index contributed by atoms with van der Waals surface area (Å²) < 4.78 is 70.3. The Morgan fingerprint density at radius 3 is 2.59 bits per heavy atom. The largest absolute Gasteiger partial charge is 0.472 e. The molecule has 3 rings (SSSR count). The number of nitrogens with zero attached hydrogens (tertiary/aromatic N) is 5. The van der Waals surface area contributed by atoms with Gasteiger partial charge in [0.25, 0.3) is 6.43 Å². The molecule has 0 saturated heterocycles. The van der Waals surface area contributed by atoms with Crippen molar-refractivity contribution in [2.75, 3.05) is 6.61 Å². The molecule has 0 bridgehead atoms. The van der Waals surface area contributed by atoms with Crippen molar-refractivity contribution in [2.45, 2.75) is 38.8 Å². The van der Waals surface area contributed by atoms with Crippen LogP contribution in [0.15, 0.2) is 24.4 Å². The maximum Gasteiger partial charge on any atom is 0.435 e. The normalized spacial score (nSPS) is 11.8. The lowest BCUT2D eigenvalue weighted by molar-refractivity contribution is -0.141. The number of alkyl halides is 5. The average Bonchev–Trinajstić information content (AvgIpc) is 3.12. The van der Waals surface area contributed by atoms with E-state index >= 15 is 0 Å². The number of ketones is 1. The highest BCUT2D eigenvalue weighted by Crippen LogP contribution is 2.36. The lowest BCUT2D eigenvalue weighted by Crippen LogP contribution is -2.10. The van der Waals surface area contributed by atoms with Gasteiger partial charge in [-0.2, -0.15) is 23.4 Å². The van der Waals surface area contributed by atoms with Crippen molar-refractivity contribution < 1.29 is 31.5 Å². The number of carbonyl (C=O) groups is 1. The third-order valence-corrected chi connectivity index (χ3v) is 4.83. The summed E-state index contributed by atoms with van der Waals surface area (Å²) in [4.78, 5) is 16.2. The molecule has 34 heavy (non-hydrogen) atoms. The van der Waals surface area contributed by atoms with Gasteiger partial charge in [0, 0.05) is 32.2 Å². The zero-order chi connectivity index (χ0) is 25.0. The number of hydrogen-bond acceptors (Lipinski definition) is 6. The fraction of sp³-hybridized carbons (Fsp3) is 0.381. The van der Waals surface area contributed by atoms with E-state index in [1.807, 2.05) is 0 Å². The van der Waals surface area contributed by atoms with Crippen molar-refractivity contribution in [2.24, 2.45) is 7.05 Å². The molecule has 13 heteroatoms. The minimum Gasteiger partial charge on any atom is -0.472 e. The smallest absolute Gasteiger partial charge is 0.435 e. The van der Waals surface area contributed by atoms with Crippen LogP contribution in [0, 0.1) is 6.92 Å². The number of carbonyl (C=O) groups excluding carboxylic acids is 1. The second-order valence-corrected chi connectivity index (χ2v) is 7.87. The summed E-state index contributed by atoms with van der Waals surface area (Å²) in [5.74, 6) is -0.307. The van der Waals surface area contributed by atoms with Gasteiger partial charge in [-0.3, -0.25) is 9.48 Å². The summed E-state index contributed by atoms with van der Waals surface area (Å²) in [5.41, 5.74) is 0.158. The maximum atomic E-state index is 13.3. The number of aromatic nitrogens is 5. The molecule has 182 valence electrons. The van der Waals surface area contributed by atoms with Crippen LogP contribution in [-0.2, 0) is 30.9 Å². The van der Waals surface area contributed by atoms with Crippen molar-refractivity contribution >= 4 is 17.4 Å². The van der Waals surface area contributed by atoms with E-state index in [1.165, 1.54) is 25.4 Å². The van der Waals surface area contributed by atoms with Crippen molar-refractivity contribution in [3.8, 4) is 17.1 Å². The van der Waals surface area contributed by atoms with E-state index < -0.39 is 24.9 Å². The van der Waals surface area contributed by atoms with Crippen LogP contribution < -0.4 is 4.74 Å². The third-order valence-electron chi connectivity index (χ3n) is 4.64.